The van der Waals surface area contributed by atoms with Crippen LogP contribution < -0.4 is 10.1 Å². The summed E-state index contributed by atoms with van der Waals surface area (Å²) in [4.78, 5) is 10.1. The van der Waals surface area contributed by atoms with Crippen molar-refractivity contribution >= 4 is 5.82 Å². The van der Waals surface area contributed by atoms with Gasteiger partial charge in [-0.05, 0) is 68.2 Å². The molecule has 0 spiro atoms. The Balaban J connectivity index is 2.01. The normalized spacial score (nSPS) is 13.3. The molecule has 1 N–H and O–H groups in total. The van der Waals surface area contributed by atoms with Crippen LogP contribution in [-0.2, 0) is 25.7 Å². The van der Waals surface area contributed by atoms with Crippen LogP contribution >= 0.6 is 0 Å². The van der Waals surface area contributed by atoms with E-state index in [1.807, 2.05) is 0 Å². The van der Waals surface area contributed by atoms with E-state index in [4.69, 9.17) is 14.7 Å². The lowest BCUT2D eigenvalue weighted by Crippen LogP contribution is -2.11. The topological polar surface area (TPSA) is 47.0 Å². The molecule has 3 rings (SSSR count). The molecule has 0 radical (unpaired) electrons. The van der Waals surface area contributed by atoms with Crippen molar-refractivity contribution < 1.29 is 4.74 Å². The highest BCUT2D eigenvalue weighted by molar-refractivity contribution is 5.72. The van der Waals surface area contributed by atoms with Gasteiger partial charge in [0.15, 0.2) is 0 Å². The van der Waals surface area contributed by atoms with Gasteiger partial charge in [0, 0.05) is 12.1 Å². The van der Waals surface area contributed by atoms with E-state index < -0.39 is 0 Å². The van der Waals surface area contributed by atoms with Crippen LogP contribution in [0, 0.1) is 0 Å². The van der Waals surface area contributed by atoms with Gasteiger partial charge in [-0.2, -0.15) is 0 Å². The summed E-state index contributed by atoms with van der Waals surface area (Å²) in [5.41, 5.74) is 7.06. The van der Waals surface area contributed by atoms with Gasteiger partial charge in [0.25, 0.3) is 0 Å². The number of ether oxygens (including phenoxy) is 1. The van der Waals surface area contributed by atoms with E-state index >= 15 is 0 Å². The maximum atomic E-state index is 5.78. The van der Waals surface area contributed by atoms with Crippen LogP contribution in [0.4, 0.5) is 5.82 Å². The van der Waals surface area contributed by atoms with Gasteiger partial charge in [0.05, 0.1) is 24.2 Å². The van der Waals surface area contributed by atoms with Crippen LogP contribution in [0.3, 0.4) is 0 Å². The molecule has 1 heterocycles. The second-order valence-electron chi connectivity index (χ2n) is 7.68. The molecular weight excluding hydrogens is 346 g/mol. The molecule has 1 aliphatic carbocycles. The Morgan fingerprint density at radius 2 is 1.64 bits per heavy atom. The Labute approximate surface area is 170 Å². The predicted molar refractivity (Wildman–Crippen MR) is 117 cm³/mol. The van der Waals surface area contributed by atoms with Gasteiger partial charge in [-0.25, -0.2) is 9.97 Å². The first-order valence-corrected chi connectivity index (χ1v) is 11.1. The first-order chi connectivity index (χ1) is 13.7. The predicted octanol–water partition coefficient (Wildman–Crippen LogP) is 5.76. The highest BCUT2D eigenvalue weighted by Gasteiger charge is 2.20. The molecule has 0 bridgehead atoms. The van der Waals surface area contributed by atoms with Crippen LogP contribution in [0.1, 0.15) is 75.4 Å². The number of rotatable bonds is 9. The van der Waals surface area contributed by atoms with Crippen molar-refractivity contribution in [3.05, 3.63) is 34.6 Å². The number of methoxy groups -OCH3 is 1. The maximum absolute atomic E-state index is 5.78. The Kier molecular flexibility index (Phi) is 7.30. The third kappa shape index (κ3) is 4.48. The lowest BCUT2D eigenvalue weighted by Gasteiger charge is -2.21. The van der Waals surface area contributed by atoms with E-state index in [-0.39, 0.29) is 0 Å². The lowest BCUT2D eigenvalue weighted by atomic mass is 9.89. The van der Waals surface area contributed by atoms with Crippen molar-refractivity contribution in [2.24, 2.45) is 0 Å². The summed E-state index contributed by atoms with van der Waals surface area (Å²) in [6, 6.07) is 4.54. The molecule has 0 saturated heterocycles. The molecule has 0 fully saturated rings. The zero-order valence-electron chi connectivity index (χ0n) is 18.0. The summed E-state index contributed by atoms with van der Waals surface area (Å²) in [5, 5.41) is 3.53. The molecular formula is C24H35N3O. The standard InChI is InChI=1S/C24H35N3O/c1-5-8-11-14-25-24-21(7-3)26-23(20(6-2)27-24)19-15-17-12-9-10-13-18(17)16-22(19)28-4/h15-16H,5-14H2,1-4H3,(H,25,27). The smallest absolute Gasteiger partial charge is 0.148 e. The number of benzene rings is 1. The molecule has 4 nitrogen and oxygen atoms in total. The Morgan fingerprint density at radius 1 is 0.929 bits per heavy atom. The van der Waals surface area contributed by atoms with Gasteiger partial charge in [-0.15, -0.1) is 0 Å². The van der Waals surface area contributed by atoms with E-state index in [0.29, 0.717) is 0 Å². The SMILES string of the molecule is CCCCCNc1nc(CC)c(-c2cc3c(cc2OC)CCCC3)nc1CC. The number of aryl methyl sites for hydroxylation is 4. The van der Waals surface area contributed by atoms with E-state index in [1.165, 1.54) is 43.2 Å². The second kappa shape index (κ2) is 9.90. The Morgan fingerprint density at radius 3 is 2.29 bits per heavy atom. The number of fused-ring (bicyclic) bond motifs is 1. The minimum absolute atomic E-state index is 0.857. The van der Waals surface area contributed by atoms with Crippen molar-refractivity contribution in [3.63, 3.8) is 0 Å². The molecule has 2 aromatic rings. The number of unbranched alkanes of at least 4 members (excludes halogenated alkanes) is 2. The number of hydrogen-bond donors (Lipinski definition) is 1. The number of nitrogens with zero attached hydrogens (tertiary/aromatic N) is 2. The van der Waals surface area contributed by atoms with Crippen molar-refractivity contribution in [1.82, 2.24) is 9.97 Å². The molecule has 1 aliphatic rings. The van der Waals surface area contributed by atoms with Crippen LogP contribution in [0.25, 0.3) is 11.3 Å². The molecule has 28 heavy (non-hydrogen) atoms. The Hall–Kier alpha value is -2.10. The van der Waals surface area contributed by atoms with Crippen LogP contribution in [-0.4, -0.2) is 23.6 Å². The van der Waals surface area contributed by atoms with Gasteiger partial charge in [0.2, 0.25) is 0 Å². The van der Waals surface area contributed by atoms with Gasteiger partial charge in [0.1, 0.15) is 11.6 Å². The van der Waals surface area contributed by atoms with Crippen LogP contribution in [0.15, 0.2) is 12.1 Å². The van der Waals surface area contributed by atoms with Crippen molar-refractivity contribution in [3.8, 4) is 17.0 Å². The molecule has 4 heteroatoms. The third-order valence-corrected chi connectivity index (χ3v) is 5.70. The summed E-state index contributed by atoms with van der Waals surface area (Å²) in [6.45, 7) is 7.50. The number of hydrogen-bond acceptors (Lipinski definition) is 4. The Bertz CT molecular complexity index is 801. The minimum atomic E-state index is 0.857. The first kappa shape index (κ1) is 20.6. The fraction of sp³-hybridized carbons (Fsp3) is 0.583. The summed E-state index contributed by atoms with van der Waals surface area (Å²) in [7, 11) is 1.76. The number of anilines is 1. The number of aromatic nitrogens is 2. The van der Waals surface area contributed by atoms with E-state index in [0.717, 1.165) is 66.4 Å². The van der Waals surface area contributed by atoms with Crippen molar-refractivity contribution in [2.75, 3.05) is 19.0 Å². The molecule has 1 aromatic heterocycles. The van der Waals surface area contributed by atoms with Gasteiger partial charge < -0.3 is 10.1 Å². The van der Waals surface area contributed by atoms with Gasteiger partial charge in [-0.3, -0.25) is 0 Å². The van der Waals surface area contributed by atoms with Gasteiger partial charge >= 0.3 is 0 Å². The molecule has 152 valence electrons. The third-order valence-electron chi connectivity index (χ3n) is 5.70. The summed E-state index contributed by atoms with van der Waals surface area (Å²) in [6.07, 6.45) is 10.2. The monoisotopic (exact) mass is 381 g/mol. The zero-order chi connectivity index (χ0) is 19.9. The molecule has 0 atom stereocenters. The second-order valence-corrected chi connectivity index (χ2v) is 7.68. The summed E-state index contributed by atoms with van der Waals surface area (Å²) in [5.74, 6) is 1.88. The molecule has 0 unspecified atom stereocenters. The van der Waals surface area contributed by atoms with Crippen molar-refractivity contribution in [2.45, 2.75) is 78.6 Å². The average Bonchev–Trinajstić information content (AvgIpc) is 2.75. The number of nitrogens with one attached hydrogen (secondary N) is 1. The summed E-state index contributed by atoms with van der Waals surface area (Å²) >= 11 is 0. The summed E-state index contributed by atoms with van der Waals surface area (Å²) < 4.78 is 5.78. The zero-order valence-corrected chi connectivity index (χ0v) is 18.0. The van der Waals surface area contributed by atoms with Crippen LogP contribution in [0.5, 0.6) is 5.75 Å². The fourth-order valence-corrected chi connectivity index (χ4v) is 4.05. The van der Waals surface area contributed by atoms with E-state index in [1.54, 1.807) is 7.11 Å². The molecule has 0 amide bonds. The van der Waals surface area contributed by atoms with Crippen molar-refractivity contribution in [1.29, 1.82) is 0 Å². The highest BCUT2D eigenvalue weighted by atomic mass is 16.5. The quantitative estimate of drug-likeness (QED) is 0.561. The van der Waals surface area contributed by atoms with E-state index in [2.05, 4.69) is 38.2 Å². The first-order valence-electron chi connectivity index (χ1n) is 11.1. The average molecular weight is 382 g/mol. The molecule has 0 aliphatic heterocycles. The highest BCUT2D eigenvalue weighted by Crippen LogP contribution is 2.37. The lowest BCUT2D eigenvalue weighted by molar-refractivity contribution is 0.415. The van der Waals surface area contributed by atoms with Gasteiger partial charge in [-0.1, -0.05) is 33.6 Å². The maximum Gasteiger partial charge on any atom is 0.148 e. The largest absolute Gasteiger partial charge is 0.496 e. The fourth-order valence-electron chi connectivity index (χ4n) is 4.05. The molecule has 0 saturated carbocycles. The van der Waals surface area contributed by atoms with E-state index in [9.17, 15) is 0 Å². The van der Waals surface area contributed by atoms with Crippen LogP contribution in [0.2, 0.25) is 0 Å². The molecule has 1 aromatic carbocycles. The minimum Gasteiger partial charge on any atom is -0.496 e.